The molecule has 0 aliphatic carbocycles. The monoisotopic (exact) mass is 405 g/mol. The number of hydrogen-bond acceptors (Lipinski definition) is 0. The predicted octanol–water partition coefficient (Wildman–Crippen LogP) is 7.43. The van der Waals surface area contributed by atoms with E-state index in [1.807, 2.05) is 13.8 Å². The van der Waals surface area contributed by atoms with Gasteiger partial charge in [-0.25, -0.2) is 0 Å². The Labute approximate surface area is 160 Å². The van der Waals surface area contributed by atoms with Crippen molar-refractivity contribution in [1.82, 2.24) is 0 Å². The van der Waals surface area contributed by atoms with E-state index in [1.165, 1.54) is 0 Å². The summed E-state index contributed by atoms with van der Waals surface area (Å²) in [5, 5.41) is 0. The molecule has 0 aromatic carbocycles. The molecule has 0 radical (unpaired) electrons. The Morgan fingerprint density at radius 1 is 0.652 bits per heavy atom. The van der Waals surface area contributed by atoms with Crippen LogP contribution in [-0.4, -0.2) is 33.6 Å². The molecule has 0 rings (SSSR count). The topological polar surface area (TPSA) is 52.0 Å². The van der Waals surface area contributed by atoms with Crippen molar-refractivity contribution in [3.05, 3.63) is 15.7 Å². The van der Waals surface area contributed by atoms with Crippen molar-refractivity contribution in [2.45, 2.75) is 112 Å². The largest absolute Gasteiger partial charge is 3.00 e. The molecule has 0 aliphatic heterocycles. The van der Waals surface area contributed by atoms with Crippen LogP contribution in [0.1, 0.15) is 55.4 Å². The van der Waals surface area contributed by atoms with Crippen molar-refractivity contribution in [2.24, 2.45) is 0 Å². The first-order valence-corrected chi connectivity index (χ1v) is 15.2. The summed E-state index contributed by atoms with van der Waals surface area (Å²) >= 11 is 0. The minimum absolute atomic E-state index is 0. The van der Waals surface area contributed by atoms with Crippen LogP contribution in [0.25, 0.3) is 15.7 Å². The average molecular weight is 406 g/mol. The molecule has 23 heavy (non-hydrogen) atoms. The van der Waals surface area contributed by atoms with Crippen LogP contribution in [0.5, 0.6) is 0 Å². The first-order chi connectivity index (χ1) is 9.15. The summed E-state index contributed by atoms with van der Waals surface area (Å²) < 4.78 is 0. The van der Waals surface area contributed by atoms with E-state index < -0.39 is 16.5 Å². The normalized spacial score (nSPS) is 12.5. The third kappa shape index (κ3) is 60.2. The fourth-order valence-corrected chi connectivity index (χ4v) is 6.04. The number of rotatable bonds is 2. The Bertz CT molecular complexity index is 217. The van der Waals surface area contributed by atoms with Gasteiger partial charge in [-0.2, -0.15) is 0 Å². The standard InChI is InChI=1S/2C7H18NSi.C3H8N.Co/c2*1-7(2,3)8-9(4,5)6;1-3(2)4;/h2*1-6H3;3-4H,1-2H3;/q3*-1;+3. The fourth-order valence-electron chi connectivity index (χ4n) is 2.01. The molecule has 0 saturated carbocycles. The Balaban J connectivity index is -0.000000124. The maximum Gasteiger partial charge on any atom is 3.00 e. The second-order valence-corrected chi connectivity index (χ2v) is 19.2. The molecule has 0 aromatic rings. The van der Waals surface area contributed by atoms with Crippen molar-refractivity contribution >= 4 is 16.5 Å². The Kier molecular flexibility index (Phi) is 16.8. The van der Waals surface area contributed by atoms with E-state index in [0.717, 1.165) is 0 Å². The van der Waals surface area contributed by atoms with Crippen molar-refractivity contribution in [3.63, 3.8) is 0 Å². The molecular formula is C17H44CoN3Si2. The van der Waals surface area contributed by atoms with Crippen LogP contribution >= 0.6 is 0 Å². The van der Waals surface area contributed by atoms with Crippen LogP contribution in [0.4, 0.5) is 0 Å². The van der Waals surface area contributed by atoms with Gasteiger partial charge in [0.05, 0.1) is 0 Å². The smallest absolute Gasteiger partial charge is 0.675 e. The quantitative estimate of drug-likeness (QED) is 0.429. The van der Waals surface area contributed by atoms with Gasteiger partial charge in [0, 0.05) is 0 Å². The van der Waals surface area contributed by atoms with E-state index >= 15 is 0 Å². The molecule has 0 aromatic heterocycles. The average Bonchev–Trinajstić information content (AvgIpc) is 1.84. The molecular weight excluding hydrogens is 361 g/mol. The number of nitrogens with zero attached hydrogens (tertiary/aromatic N) is 2. The summed E-state index contributed by atoms with van der Waals surface area (Å²) in [6.07, 6.45) is 0. The van der Waals surface area contributed by atoms with Gasteiger partial charge in [0.25, 0.3) is 0 Å². The number of hydrogen-bond donors (Lipinski definition) is 0. The Hall–Kier alpha value is 0.820. The molecule has 0 fully saturated rings. The maximum atomic E-state index is 6.58. The van der Waals surface area contributed by atoms with Gasteiger partial charge in [-0.15, -0.1) is 17.1 Å². The second kappa shape index (κ2) is 12.2. The van der Waals surface area contributed by atoms with Crippen molar-refractivity contribution in [3.8, 4) is 0 Å². The van der Waals surface area contributed by atoms with Gasteiger partial charge in [0.1, 0.15) is 0 Å². The summed E-state index contributed by atoms with van der Waals surface area (Å²) in [5.41, 5.74) is 6.93. The Morgan fingerprint density at radius 2 is 0.783 bits per heavy atom. The van der Waals surface area contributed by atoms with Gasteiger partial charge in [-0.1, -0.05) is 111 Å². The molecule has 0 spiro atoms. The Morgan fingerprint density at radius 3 is 0.783 bits per heavy atom. The van der Waals surface area contributed by atoms with Crippen LogP contribution in [0.15, 0.2) is 0 Å². The van der Waals surface area contributed by atoms with Gasteiger partial charge in [0.15, 0.2) is 0 Å². The van der Waals surface area contributed by atoms with Crippen LogP contribution in [0, 0.1) is 0 Å². The minimum atomic E-state index is -1.17. The molecule has 0 amide bonds. The fraction of sp³-hybridized carbons (Fsp3) is 1.00. The molecule has 0 aliphatic rings. The summed E-state index contributed by atoms with van der Waals surface area (Å²) in [4.78, 5) is 9.36. The predicted molar refractivity (Wildman–Crippen MR) is 112 cm³/mol. The molecule has 0 bridgehead atoms. The molecule has 1 N–H and O–H groups in total. The molecule has 3 nitrogen and oxygen atoms in total. The summed E-state index contributed by atoms with van der Waals surface area (Å²) in [6, 6.07) is 0.0833. The van der Waals surface area contributed by atoms with E-state index in [1.54, 1.807) is 0 Å². The summed E-state index contributed by atoms with van der Waals surface area (Å²) in [7, 11) is -2.34. The van der Waals surface area contributed by atoms with Crippen molar-refractivity contribution in [2.75, 3.05) is 0 Å². The molecule has 0 heterocycles. The molecule has 0 saturated heterocycles. The van der Waals surface area contributed by atoms with Crippen LogP contribution in [-0.2, 0) is 16.8 Å². The van der Waals surface area contributed by atoms with Crippen LogP contribution in [0.2, 0.25) is 39.3 Å². The van der Waals surface area contributed by atoms with Gasteiger partial charge >= 0.3 is 16.8 Å². The van der Waals surface area contributed by atoms with E-state index in [4.69, 9.17) is 5.73 Å². The van der Waals surface area contributed by atoms with Crippen molar-refractivity contribution < 1.29 is 16.8 Å². The SMILES string of the molecule is CC(C)(C)[N-][Si](C)(C)C.CC(C)(C)[N-][Si](C)(C)C.CC(C)[NH-].[Co+3]. The van der Waals surface area contributed by atoms with Gasteiger partial charge in [-0.3, -0.25) is 0 Å². The first kappa shape index (κ1) is 31.6. The summed E-state index contributed by atoms with van der Waals surface area (Å²) in [6.45, 7) is 30.2. The van der Waals surface area contributed by atoms with E-state index in [9.17, 15) is 0 Å². The minimum Gasteiger partial charge on any atom is -0.675 e. The zero-order valence-corrected chi connectivity index (χ0v) is 21.3. The van der Waals surface area contributed by atoms with Crippen LogP contribution in [0.3, 0.4) is 0 Å². The van der Waals surface area contributed by atoms with Gasteiger partial charge < -0.3 is 15.7 Å². The molecule has 0 atom stereocenters. The first-order valence-electron chi connectivity index (χ1n) is 8.34. The maximum absolute atomic E-state index is 6.58. The van der Waals surface area contributed by atoms with E-state index in [0.29, 0.717) is 0 Å². The molecule has 0 unspecified atom stereocenters. The van der Waals surface area contributed by atoms with Crippen LogP contribution < -0.4 is 0 Å². The van der Waals surface area contributed by atoms with E-state index in [2.05, 4.69) is 90.8 Å². The van der Waals surface area contributed by atoms with Gasteiger partial charge in [-0.05, 0) is 0 Å². The third-order valence-corrected chi connectivity index (χ3v) is 4.02. The van der Waals surface area contributed by atoms with Gasteiger partial charge in [0.2, 0.25) is 0 Å². The molecule has 144 valence electrons. The molecule has 6 heteroatoms. The third-order valence-electron chi connectivity index (χ3n) is 1.34. The number of nitrogens with one attached hydrogen (secondary N) is 1. The summed E-state index contributed by atoms with van der Waals surface area (Å²) in [5.74, 6) is 0. The zero-order chi connectivity index (χ0) is 19.0. The van der Waals surface area contributed by atoms with E-state index in [-0.39, 0.29) is 33.9 Å². The zero-order valence-electron chi connectivity index (χ0n) is 18.3. The second-order valence-electron chi connectivity index (χ2n) is 10.1. The van der Waals surface area contributed by atoms with Crippen molar-refractivity contribution in [1.29, 1.82) is 0 Å².